The van der Waals surface area contributed by atoms with Crippen LogP contribution in [0.5, 0.6) is 0 Å². The Balaban J connectivity index is 2.31. The van der Waals surface area contributed by atoms with E-state index in [1.807, 2.05) is 17.5 Å². The van der Waals surface area contributed by atoms with E-state index in [9.17, 15) is 9.59 Å². The van der Waals surface area contributed by atoms with Gasteiger partial charge in [0, 0.05) is 7.05 Å². The standard InChI is InChI=1S/C10H13NO3S2/c1-11(6-9(13)14-2)8(12)7-16-10-4-3-5-15-10/h3-5H,6-7H2,1-2H3. The molecule has 0 N–H and O–H groups in total. The molecule has 0 radical (unpaired) electrons. The number of nitrogens with zero attached hydrogens (tertiary/aromatic N) is 1. The lowest BCUT2D eigenvalue weighted by molar-refractivity contribution is -0.145. The lowest BCUT2D eigenvalue weighted by Crippen LogP contribution is -2.33. The minimum atomic E-state index is -0.406. The van der Waals surface area contributed by atoms with Crippen LogP contribution in [0.15, 0.2) is 21.7 Å². The average Bonchev–Trinajstić information content (AvgIpc) is 2.78. The maximum absolute atomic E-state index is 11.6. The summed E-state index contributed by atoms with van der Waals surface area (Å²) < 4.78 is 5.58. The van der Waals surface area contributed by atoms with Crippen LogP contribution in [0.3, 0.4) is 0 Å². The monoisotopic (exact) mass is 259 g/mol. The molecular formula is C10H13NO3S2. The summed E-state index contributed by atoms with van der Waals surface area (Å²) in [6, 6.07) is 3.90. The average molecular weight is 259 g/mol. The Morgan fingerprint density at radius 2 is 2.31 bits per heavy atom. The molecule has 1 heterocycles. The number of esters is 1. The Labute approximate surface area is 103 Å². The quantitative estimate of drug-likeness (QED) is 0.593. The van der Waals surface area contributed by atoms with Gasteiger partial charge in [-0.1, -0.05) is 6.07 Å². The van der Waals surface area contributed by atoms with Crippen LogP contribution < -0.4 is 0 Å². The Morgan fingerprint density at radius 1 is 1.56 bits per heavy atom. The van der Waals surface area contributed by atoms with Crippen LogP contribution in [-0.4, -0.2) is 43.2 Å². The third kappa shape index (κ3) is 4.24. The number of ether oxygens (including phenoxy) is 1. The molecule has 0 spiro atoms. The number of carbonyl (C=O) groups is 2. The van der Waals surface area contributed by atoms with Gasteiger partial charge in [-0.2, -0.15) is 0 Å². The topological polar surface area (TPSA) is 46.6 Å². The summed E-state index contributed by atoms with van der Waals surface area (Å²) >= 11 is 3.07. The first-order valence-electron chi connectivity index (χ1n) is 4.60. The summed E-state index contributed by atoms with van der Waals surface area (Å²) in [6.07, 6.45) is 0. The minimum Gasteiger partial charge on any atom is -0.468 e. The van der Waals surface area contributed by atoms with Crippen molar-refractivity contribution in [3.05, 3.63) is 17.5 Å². The molecule has 0 aliphatic heterocycles. The first kappa shape index (κ1) is 13.1. The van der Waals surface area contributed by atoms with Gasteiger partial charge >= 0.3 is 5.97 Å². The molecule has 6 heteroatoms. The molecule has 0 fully saturated rings. The van der Waals surface area contributed by atoms with E-state index in [1.165, 1.54) is 23.8 Å². The van der Waals surface area contributed by atoms with Crippen molar-refractivity contribution >= 4 is 35.0 Å². The Kier molecular flexibility index (Phi) is 5.34. The van der Waals surface area contributed by atoms with E-state index in [4.69, 9.17) is 0 Å². The predicted molar refractivity (Wildman–Crippen MR) is 64.7 cm³/mol. The first-order chi connectivity index (χ1) is 7.63. The van der Waals surface area contributed by atoms with E-state index in [2.05, 4.69) is 4.74 Å². The van der Waals surface area contributed by atoms with Gasteiger partial charge in [0.05, 0.1) is 17.1 Å². The van der Waals surface area contributed by atoms with Crippen molar-refractivity contribution in [3.63, 3.8) is 0 Å². The number of rotatable bonds is 5. The van der Waals surface area contributed by atoms with E-state index in [1.54, 1.807) is 18.4 Å². The highest BCUT2D eigenvalue weighted by Crippen LogP contribution is 2.23. The van der Waals surface area contributed by atoms with Gasteiger partial charge in [0.25, 0.3) is 0 Å². The van der Waals surface area contributed by atoms with Crippen molar-refractivity contribution in [2.75, 3.05) is 26.5 Å². The van der Waals surface area contributed by atoms with Crippen molar-refractivity contribution in [2.45, 2.75) is 4.21 Å². The lowest BCUT2D eigenvalue weighted by Gasteiger charge is -2.14. The van der Waals surface area contributed by atoms with Crippen LogP contribution in [0.1, 0.15) is 0 Å². The highest BCUT2D eigenvalue weighted by atomic mass is 32.2. The fourth-order valence-electron chi connectivity index (χ4n) is 0.935. The molecule has 16 heavy (non-hydrogen) atoms. The highest BCUT2D eigenvalue weighted by molar-refractivity contribution is 8.01. The maximum atomic E-state index is 11.6. The SMILES string of the molecule is COC(=O)CN(C)C(=O)CSc1cccs1. The summed E-state index contributed by atoms with van der Waals surface area (Å²) in [5.74, 6) is -0.144. The number of thioether (sulfide) groups is 1. The van der Waals surface area contributed by atoms with Gasteiger partial charge in [-0.15, -0.1) is 23.1 Å². The van der Waals surface area contributed by atoms with Crippen LogP contribution >= 0.6 is 23.1 Å². The molecule has 0 saturated heterocycles. The van der Waals surface area contributed by atoms with Crippen molar-refractivity contribution < 1.29 is 14.3 Å². The number of likely N-dealkylation sites (N-methyl/N-ethyl adjacent to an activating group) is 1. The van der Waals surface area contributed by atoms with Crippen LogP contribution in [0.4, 0.5) is 0 Å². The van der Waals surface area contributed by atoms with Crippen molar-refractivity contribution in [1.29, 1.82) is 0 Å². The second-order valence-corrected chi connectivity index (χ2v) is 5.27. The van der Waals surface area contributed by atoms with Gasteiger partial charge in [-0.3, -0.25) is 9.59 Å². The number of amides is 1. The normalized spacial score (nSPS) is 9.88. The molecule has 0 atom stereocenters. The molecule has 88 valence electrons. The third-order valence-electron chi connectivity index (χ3n) is 1.85. The highest BCUT2D eigenvalue weighted by Gasteiger charge is 2.13. The molecule has 1 aromatic rings. The molecule has 0 saturated carbocycles. The van der Waals surface area contributed by atoms with E-state index in [-0.39, 0.29) is 12.5 Å². The largest absolute Gasteiger partial charge is 0.468 e. The molecule has 1 rings (SSSR count). The predicted octanol–water partition coefficient (Wildman–Crippen LogP) is 1.47. The van der Waals surface area contributed by atoms with E-state index in [0.717, 1.165) is 4.21 Å². The third-order valence-corrected chi connectivity index (χ3v) is 3.97. The van der Waals surface area contributed by atoms with Gasteiger partial charge in [0.15, 0.2) is 0 Å². The van der Waals surface area contributed by atoms with E-state index >= 15 is 0 Å². The molecule has 0 aliphatic rings. The zero-order valence-corrected chi connectivity index (χ0v) is 10.8. The second-order valence-electron chi connectivity index (χ2n) is 3.05. The van der Waals surface area contributed by atoms with E-state index in [0.29, 0.717) is 5.75 Å². The fourth-order valence-corrected chi connectivity index (χ4v) is 2.66. The zero-order chi connectivity index (χ0) is 12.0. The molecular weight excluding hydrogens is 246 g/mol. The number of hydrogen-bond acceptors (Lipinski definition) is 5. The van der Waals surface area contributed by atoms with Crippen molar-refractivity contribution in [2.24, 2.45) is 0 Å². The minimum absolute atomic E-state index is 0.000331. The van der Waals surface area contributed by atoms with Gasteiger partial charge in [-0.25, -0.2) is 0 Å². The first-order valence-corrected chi connectivity index (χ1v) is 6.47. The number of methoxy groups -OCH3 is 1. The van der Waals surface area contributed by atoms with Crippen molar-refractivity contribution in [1.82, 2.24) is 4.90 Å². The Bertz CT molecular complexity index is 351. The molecule has 0 aliphatic carbocycles. The molecule has 0 bridgehead atoms. The summed E-state index contributed by atoms with van der Waals surface area (Å²) in [6.45, 7) is 0.000331. The Morgan fingerprint density at radius 3 is 2.88 bits per heavy atom. The summed E-state index contributed by atoms with van der Waals surface area (Å²) in [4.78, 5) is 23.9. The summed E-state index contributed by atoms with van der Waals surface area (Å²) in [7, 11) is 2.90. The summed E-state index contributed by atoms with van der Waals surface area (Å²) in [5, 5.41) is 1.96. The number of thiophene rings is 1. The Hall–Kier alpha value is -1.01. The number of carbonyl (C=O) groups excluding carboxylic acids is 2. The van der Waals surface area contributed by atoms with Gasteiger partial charge in [0.1, 0.15) is 6.54 Å². The summed E-state index contributed by atoms with van der Waals surface area (Å²) in [5.41, 5.74) is 0. The van der Waals surface area contributed by atoms with Gasteiger partial charge < -0.3 is 9.64 Å². The molecule has 0 aromatic carbocycles. The molecule has 4 nitrogen and oxygen atoms in total. The van der Waals surface area contributed by atoms with Crippen LogP contribution in [0.2, 0.25) is 0 Å². The zero-order valence-electron chi connectivity index (χ0n) is 9.13. The van der Waals surface area contributed by atoms with Crippen molar-refractivity contribution in [3.8, 4) is 0 Å². The number of hydrogen-bond donors (Lipinski definition) is 0. The lowest BCUT2D eigenvalue weighted by atomic mass is 10.5. The molecule has 1 amide bonds. The van der Waals surface area contributed by atoms with Crippen LogP contribution in [0.25, 0.3) is 0 Å². The molecule has 1 aromatic heterocycles. The fraction of sp³-hybridized carbons (Fsp3) is 0.400. The smallest absolute Gasteiger partial charge is 0.325 e. The van der Waals surface area contributed by atoms with Gasteiger partial charge in [-0.05, 0) is 11.4 Å². The van der Waals surface area contributed by atoms with Gasteiger partial charge in [0.2, 0.25) is 5.91 Å². The molecule has 0 unspecified atom stereocenters. The van der Waals surface area contributed by atoms with Crippen LogP contribution in [0, 0.1) is 0 Å². The van der Waals surface area contributed by atoms with Crippen LogP contribution in [-0.2, 0) is 14.3 Å². The van der Waals surface area contributed by atoms with E-state index < -0.39 is 5.97 Å². The second kappa shape index (κ2) is 6.55. The maximum Gasteiger partial charge on any atom is 0.325 e.